The first-order valence-electron chi connectivity index (χ1n) is 5.10. The Bertz CT molecular complexity index is 401. The first-order chi connectivity index (χ1) is 7.25. The Morgan fingerprint density at radius 3 is 2.60 bits per heavy atom. The quantitative estimate of drug-likeness (QED) is 0.755. The molecule has 2 rings (SSSR count). The molecule has 0 radical (unpaired) electrons. The molecule has 0 amide bonds. The Balaban J connectivity index is 1.94. The standard InChI is InChI=1S/C10H15N5/c1-9(2)10-5-12-14(6-10)3-4-15-8-11-7-13-15/h5-9H,3-4H2,1-2H3. The van der Waals surface area contributed by atoms with Gasteiger partial charge in [0.05, 0.1) is 19.3 Å². The van der Waals surface area contributed by atoms with Crippen LogP contribution in [0.1, 0.15) is 25.3 Å². The van der Waals surface area contributed by atoms with Crippen LogP contribution in [-0.2, 0) is 13.1 Å². The fourth-order valence-electron chi connectivity index (χ4n) is 1.35. The lowest BCUT2D eigenvalue weighted by atomic mass is 10.1. The minimum Gasteiger partial charge on any atom is -0.271 e. The van der Waals surface area contributed by atoms with Crippen molar-refractivity contribution >= 4 is 0 Å². The normalized spacial score (nSPS) is 11.1. The van der Waals surface area contributed by atoms with Crippen molar-refractivity contribution in [2.24, 2.45) is 0 Å². The van der Waals surface area contributed by atoms with Crippen LogP contribution in [0.3, 0.4) is 0 Å². The molecular weight excluding hydrogens is 190 g/mol. The highest BCUT2D eigenvalue weighted by atomic mass is 15.3. The van der Waals surface area contributed by atoms with Gasteiger partial charge in [-0.15, -0.1) is 0 Å². The largest absolute Gasteiger partial charge is 0.271 e. The molecule has 0 unspecified atom stereocenters. The molecule has 0 atom stereocenters. The van der Waals surface area contributed by atoms with Crippen molar-refractivity contribution in [3.8, 4) is 0 Å². The van der Waals surface area contributed by atoms with Crippen LogP contribution in [0.15, 0.2) is 25.0 Å². The van der Waals surface area contributed by atoms with Gasteiger partial charge < -0.3 is 0 Å². The van der Waals surface area contributed by atoms with Gasteiger partial charge in [0.25, 0.3) is 0 Å². The summed E-state index contributed by atoms with van der Waals surface area (Å²) < 4.78 is 3.74. The van der Waals surface area contributed by atoms with Crippen molar-refractivity contribution < 1.29 is 0 Å². The van der Waals surface area contributed by atoms with Gasteiger partial charge in [0.1, 0.15) is 12.7 Å². The summed E-state index contributed by atoms with van der Waals surface area (Å²) >= 11 is 0. The van der Waals surface area contributed by atoms with Crippen LogP contribution < -0.4 is 0 Å². The second-order valence-electron chi connectivity index (χ2n) is 3.85. The highest BCUT2D eigenvalue weighted by Gasteiger charge is 2.02. The number of aromatic nitrogens is 5. The molecule has 5 heteroatoms. The van der Waals surface area contributed by atoms with E-state index < -0.39 is 0 Å². The van der Waals surface area contributed by atoms with E-state index in [9.17, 15) is 0 Å². The van der Waals surface area contributed by atoms with Crippen LogP contribution in [0.25, 0.3) is 0 Å². The minimum absolute atomic E-state index is 0.533. The van der Waals surface area contributed by atoms with Crippen molar-refractivity contribution in [2.45, 2.75) is 32.9 Å². The van der Waals surface area contributed by atoms with E-state index in [1.54, 1.807) is 17.3 Å². The minimum atomic E-state index is 0.533. The number of aryl methyl sites for hydroxylation is 2. The maximum Gasteiger partial charge on any atom is 0.137 e. The fourth-order valence-corrected chi connectivity index (χ4v) is 1.35. The molecule has 2 heterocycles. The highest BCUT2D eigenvalue weighted by molar-refractivity contribution is 5.08. The summed E-state index contributed by atoms with van der Waals surface area (Å²) in [6.07, 6.45) is 7.27. The zero-order valence-electron chi connectivity index (χ0n) is 9.04. The van der Waals surface area contributed by atoms with Crippen molar-refractivity contribution in [1.82, 2.24) is 24.5 Å². The van der Waals surface area contributed by atoms with Gasteiger partial charge in [-0.05, 0) is 11.5 Å². The van der Waals surface area contributed by atoms with E-state index in [2.05, 4.69) is 35.2 Å². The molecule has 80 valence electrons. The average Bonchev–Trinajstić information content (AvgIpc) is 2.86. The van der Waals surface area contributed by atoms with Crippen molar-refractivity contribution in [1.29, 1.82) is 0 Å². The van der Waals surface area contributed by atoms with Crippen molar-refractivity contribution in [3.05, 3.63) is 30.6 Å². The third-order valence-corrected chi connectivity index (χ3v) is 2.34. The second-order valence-corrected chi connectivity index (χ2v) is 3.85. The molecule has 2 aromatic rings. The Kier molecular flexibility index (Phi) is 2.80. The van der Waals surface area contributed by atoms with Gasteiger partial charge >= 0.3 is 0 Å². The monoisotopic (exact) mass is 205 g/mol. The van der Waals surface area contributed by atoms with E-state index in [-0.39, 0.29) is 0 Å². The van der Waals surface area contributed by atoms with Gasteiger partial charge in [0.15, 0.2) is 0 Å². The van der Waals surface area contributed by atoms with Gasteiger partial charge in [0.2, 0.25) is 0 Å². The van der Waals surface area contributed by atoms with Gasteiger partial charge in [0, 0.05) is 6.20 Å². The lowest BCUT2D eigenvalue weighted by Crippen LogP contribution is -2.07. The summed E-state index contributed by atoms with van der Waals surface area (Å²) in [6, 6.07) is 0. The predicted molar refractivity (Wildman–Crippen MR) is 56.3 cm³/mol. The smallest absolute Gasteiger partial charge is 0.137 e. The maximum atomic E-state index is 4.29. The first kappa shape index (κ1) is 9.89. The number of hydrogen-bond donors (Lipinski definition) is 0. The topological polar surface area (TPSA) is 48.5 Å². The van der Waals surface area contributed by atoms with Crippen molar-refractivity contribution in [3.63, 3.8) is 0 Å². The Hall–Kier alpha value is -1.65. The summed E-state index contributed by atoms with van der Waals surface area (Å²) in [5, 5.41) is 8.33. The zero-order valence-corrected chi connectivity index (χ0v) is 9.04. The molecule has 0 fully saturated rings. The molecule has 0 aliphatic heterocycles. The lowest BCUT2D eigenvalue weighted by Gasteiger charge is -2.01. The summed E-state index contributed by atoms with van der Waals surface area (Å²) in [7, 11) is 0. The van der Waals surface area contributed by atoms with Crippen LogP contribution in [-0.4, -0.2) is 24.5 Å². The number of nitrogens with zero attached hydrogens (tertiary/aromatic N) is 5. The second kappa shape index (κ2) is 4.25. The van der Waals surface area contributed by atoms with E-state index in [1.807, 2.05) is 10.9 Å². The molecule has 5 nitrogen and oxygen atoms in total. The molecule has 0 aromatic carbocycles. The van der Waals surface area contributed by atoms with Gasteiger partial charge in [-0.3, -0.25) is 9.36 Å². The molecule has 0 N–H and O–H groups in total. The molecule has 0 aliphatic carbocycles. The Labute approximate surface area is 88.7 Å². The van der Waals surface area contributed by atoms with Crippen LogP contribution in [0.5, 0.6) is 0 Å². The fraction of sp³-hybridized carbons (Fsp3) is 0.500. The molecule has 0 aliphatic rings. The average molecular weight is 205 g/mol. The molecule has 0 saturated heterocycles. The van der Waals surface area contributed by atoms with E-state index in [0.717, 1.165) is 13.1 Å². The predicted octanol–water partition coefficient (Wildman–Crippen LogP) is 1.30. The van der Waals surface area contributed by atoms with E-state index >= 15 is 0 Å². The summed E-state index contributed by atoms with van der Waals surface area (Å²) in [5.74, 6) is 0.533. The Morgan fingerprint density at radius 1 is 1.20 bits per heavy atom. The summed E-state index contributed by atoms with van der Waals surface area (Å²) in [5.41, 5.74) is 1.27. The summed E-state index contributed by atoms with van der Waals surface area (Å²) in [6.45, 7) is 5.97. The van der Waals surface area contributed by atoms with Gasteiger partial charge in [-0.1, -0.05) is 13.8 Å². The van der Waals surface area contributed by atoms with Crippen LogP contribution in [0.2, 0.25) is 0 Å². The van der Waals surface area contributed by atoms with E-state index in [0.29, 0.717) is 5.92 Å². The zero-order chi connectivity index (χ0) is 10.7. The van der Waals surface area contributed by atoms with Crippen LogP contribution in [0, 0.1) is 0 Å². The third-order valence-electron chi connectivity index (χ3n) is 2.34. The van der Waals surface area contributed by atoms with E-state index in [4.69, 9.17) is 0 Å². The first-order valence-corrected chi connectivity index (χ1v) is 5.10. The Morgan fingerprint density at radius 2 is 2.00 bits per heavy atom. The number of rotatable bonds is 4. The summed E-state index contributed by atoms with van der Waals surface area (Å²) in [4.78, 5) is 3.89. The van der Waals surface area contributed by atoms with Gasteiger partial charge in [-0.2, -0.15) is 10.2 Å². The highest BCUT2D eigenvalue weighted by Crippen LogP contribution is 2.11. The lowest BCUT2D eigenvalue weighted by molar-refractivity contribution is 0.499. The van der Waals surface area contributed by atoms with Crippen LogP contribution in [0.4, 0.5) is 0 Å². The van der Waals surface area contributed by atoms with Crippen molar-refractivity contribution in [2.75, 3.05) is 0 Å². The van der Waals surface area contributed by atoms with E-state index in [1.165, 1.54) is 5.56 Å². The molecule has 0 spiro atoms. The third kappa shape index (κ3) is 2.43. The molecule has 15 heavy (non-hydrogen) atoms. The maximum absolute atomic E-state index is 4.29. The van der Waals surface area contributed by atoms with Crippen LogP contribution >= 0.6 is 0 Å². The molecule has 0 saturated carbocycles. The molecular formula is C10H15N5. The number of hydrogen-bond acceptors (Lipinski definition) is 3. The van der Waals surface area contributed by atoms with Gasteiger partial charge in [-0.25, -0.2) is 4.98 Å². The molecule has 2 aromatic heterocycles. The SMILES string of the molecule is CC(C)c1cnn(CCn2cncn2)c1. The molecule has 0 bridgehead atoms.